The minimum absolute atomic E-state index is 0.0473. The molecule has 0 atom stereocenters. The molecule has 4 rings (SSSR count). The van der Waals surface area contributed by atoms with E-state index in [1.54, 1.807) is 4.90 Å². The highest BCUT2D eigenvalue weighted by Gasteiger charge is 2.34. The Balaban J connectivity index is 1.24. The normalized spacial score (nSPS) is 15.1. The zero-order chi connectivity index (χ0) is 23.4. The van der Waals surface area contributed by atoms with Crippen molar-refractivity contribution in [2.24, 2.45) is 0 Å². The molecule has 0 aliphatic carbocycles. The van der Waals surface area contributed by atoms with Gasteiger partial charge in [-0.05, 0) is 42.5 Å². The minimum Gasteiger partial charge on any atom is -0.373 e. The van der Waals surface area contributed by atoms with Crippen LogP contribution in [0.15, 0.2) is 60.7 Å². The number of aromatic nitrogens is 2. The highest BCUT2D eigenvalue weighted by Crippen LogP contribution is 2.28. The van der Waals surface area contributed by atoms with Crippen molar-refractivity contribution >= 4 is 5.91 Å². The quantitative estimate of drug-likeness (QED) is 0.518. The van der Waals surface area contributed by atoms with E-state index in [0.29, 0.717) is 38.2 Å². The molecule has 8 heteroatoms. The minimum atomic E-state index is -4.52. The Morgan fingerprint density at radius 3 is 2.27 bits per heavy atom. The molecule has 2 heterocycles. The van der Waals surface area contributed by atoms with Crippen molar-refractivity contribution in [3.63, 3.8) is 0 Å². The predicted molar refractivity (Wildman–Crippen MR) is 118 cm³/mol. The summed E-state index contributed by atoms with van der Waals surface area (Å²) in [6, 6.07) is 19.4. The molecular formula is C25H26F3N3O2. The van der Waals surface area contributed by atoms with Crippen LogP contribution in [0, 0.1) is 6.92 Å². The summed E-state index contributed by atoms with van der Waals surface area (Å²) in [5.41, 5.74) is 2.74. The van der Waals surface area contributed by atoms with Crippen LogP contribution >= 0.6 is 0 Å². The first-order valence-electron chi connectivity index (χ1n) is 10.9. The van der Waals surface area contributed by atoms with Gasteiger partial charge in [-0.1, -0.05) is 54.6 Å². The number of amides is 1. The summed E-state index contributed by atoms with van der Waals surface area (Å²) in [5.74, 6) is -0.232. The SMILES string of the molecule is Cc1cc(C(F)(F)F)nn1CC(=O)N1CCC(OCc2ccc(-c3ccccc3)cc2)CC1. The van der Waals surface area contributed by atoms with Gasteiger partial charge in [0.2, 0.25) is 5.91 Å². The molecule has 0 spiro atoms. The number of hydrogen-bond acceptors (Lipinski definition) is 3. The van der Waals surface area contributed by atoms with Crippen LogP contribution in [0.2, 0.25) is 0 Å². The van der Waals surface area contributed by atoms with Crippen molar-refractivity contribution < 1.29 is 22.7 Å². The van der Waals surface area contributed by atoms with Crippen molar-refractivity contribution in [3.05, 3.63) is 77.6 Å². The monoisotopic (exact) mass is 457 g/mol. The summed E-state index contributed by atoms with van der Waals surface area (Å²) >= 11 is 0. The molecule has 2 aromatic carbocycles. The van der Waals surface area contributed by atoms with E-state index in [1.165, 1.54) is 12.5 Å². The van der Waals surface area contributed by atoms with E-state index in [2.05, 4.69) is 41.5 Å². The molecule has 0 saturated carbocycles. The Hall–Kier alpha value is -3.13. The maximum atomic E-state index is 12.8. The number of ether oxygens (including phenoxy) is 1. The van der Waals surface area contributed by atoms with Gasteiger partial charge in [0.05, 0.1) is 12.7 Å². The standard InChI is InChI=1S/C25H26F3N3O2/c1-18-15-23(25(26,27)28)29-31(18)16-24(32)30-13-11-22(12-14-30)33-17-19-7-9-21(10-8-19)20-5-3-2-4-6-20/h2-10,15,22H,11-14,16-17H2,1H3. The zero-order valence-corrected chi connectivity index (χ0v) is 18.4. The van der Waals surface area contributed by atoms with Crippen molar-refractivity contribution in [1.29, 1.82) is 0 Å². The van der Waals surface area contributed by atoms with Crippen LogP contribution in [0.1, 0.15) is 29.8 Å². The van der Waals surface area contributed by atoms with Crippen molar-refractivity contribution in [3.8, 4) is 11.1 Å². The van der Waals surface area contributed by atoms with Gasteiger partial charge in [-0.2, -0.15) is 18.3 Å². The fraction of sp³-hybridized carbons (Fsp3) is 0.360. The largest absolute Gasteiger partial charge is 0.435 e. The highest BCUT2D eigenvalue weighted by molar-refractivity contribution is 5.76. The summed E-state index contributed by atoms with van der Waals surface area (Å²) in [5, 5.41) is 3.54. The Bertz CT molecular complexity index is 1070. The lowest BCUT2D eigenvalue weighted by Crippen LogP contribution is -2.42. The first kappa shape index (κ1) is 23.0. The first-order chi connectivity index (χ1) is 15.8. The van der Waals surface area contributed by atoms with Gasteiger partial charge < -0.3 is 9.64 Å². The number of alkyl halides is 3. The average molecular weight is 457 g/mol. The lowest BCUT2D eigenvalue weighted by atomic mass is 10.0. The molecule has 3 aromatic rings. The molecule has 33 heavy (non-hydrogen) atoms. The number of halogens is 3. The number of likely N-dealkylation sites (tertiary alicyclic amines) is 1. The smallest absolute Gasteiger partial charge is 0.373 e. The lowest BCUT2D eigenvalue weighted by Gasteiger charge is -2.32. The third-order valence-electron chi connectivity index (χ3n) is 5.90. The molecule has 5 nitrogen and oxygen atoms in total. The van der Waals surface area contributed by atoms with Gasteiger partial charge >= 0.3 is 6.18 Å². The van der Waals surface area contributed by atoms with Crippen LogP contribution in [-0.2, 0) is 28.9 Å². The second-order valence-electron chi connectivity index (χ2n) is 8.28. The number of piperidine rings is 1. The van der Waals surface area contributed by atoms with Gasteiger partial charge in [0.15, 0.2) is 5.69 Å². The van der Waals surface area contributed by atoms with E-state index in [9.17, 15) is 18.0 Å². The van der Waals surface area contributed by atoms with Gasteiger partial charge in [0, 0.05) is 18.8 Å². The Kier molecular flexibility index (Phi) is 6.83. The molecule has 0 unspecified atom stereocenters. The number of carbonyl (C=O) groups is 1. The van der Waals surface area contributed by atoms with Crippen LogP contribution in [-0.4, -0.2) is 39.8 Å². The molecule has 0 bridgehead atoms. The Morgan fingerprint density at radius 1 is 1.03 bits per heavy atom. The summed E-state index contributed by atoms with van der Waals surface area (Å²) in [6.07, 6.45) is -3.08. The van der Waals surface area contributed by atoms with Gasteiger partial charge in [0.1, 0.15) is 6.54 Å². The molecule has 1 fully saturated rings. The Morgan fingerprint density at radius 2 is 1.67 bits per heavy atom. The molecular weight excluding hydrogens is 431 g/mol. The van der Waals surface area contributed by atoms with Gasteiger partial charge in [0.25, 0.3) is 0 Å². The van der Waals surface area contributed by atoms with E-state index in [-0.39, 0.29) is 18.6 Å². The van der Waals surface area contributed by atoms with Crippen LogP contribution in [0.25, 0.3) is 11.1 Å². The summed E-state index contributed by atoms with van der Waals surface area (Å²) < 4.78 is 45.6. The molecule has 1 aromatic heterocycles. The number of rotatable bonds is 6. The van der Waals surface area contributed by atoms with Gasteiger partial charge in [-0.25, -0.2) is 0 Å². The molecule has 0 radical (unpaired) electrons. The number of benzene rings is 2. The predicted octanol–water partition coefficient (Wildman–Crippen LogP) is 5.09. The fourth-order valence-corrected chi connectivity index (χ4v) is 3.95. The van der Waals surface area contributed by atoms with Crippen molar-refractivity contribution in [1.82, 2.24) is 14.7 Å². The van der Waals surface area contributed by atoms with Gasteiger partial charge in [-0.3, -0.25) is 9.48 Å². The molecule has 174 valence electrons. The van der Waals surface area contributed by atoms with E-state index in [1.807, 2.05) is 18.2 Å². The highest BCUT2D eigenvalue weighted by atomic mass is 19.4. The second-order valence-corrected chi connectivity index (χ2v) is 8.28. The summed E-state index contributed by atoms with van der Waals surface area (Å²) in [4.78, 5) is 14.2. The van der Waals surface area contributed by atoms with E-state index in [4.69, 9.17) is 4.74 Å². The third-order valence-corrected chi connectivity index (χ3v) is 5.90. The van der Waals surface area contributed by atoms with Crippen LogP contribution in [0.5, 0.6) is 0 Å². The van der Waals surface area contributed by atoms with Gasteiger partial charge in [-0.15, -0.1) is 0 Å². The van der Waals surface area contributed by atoms with E-state index in [0.717, 1.165) is 21.9 Å². The molecule has 1 amide bonds. The Labute approximate surface area is 190 Å². The van der Waals surface area contributed by atoms with E-state index >= 15 is 0 Å². The molecule has 1 aliphatic heterocycles. The van der Waals surface area contributed by atoms with Crippen LogP contribution in [0.3, 0.4) is 0 Å². The van der Waals surface area contributed by atoms with Crippen LogP contribution in [0.4, 0.5) is 13.2 Å². The molecule has 1 aliphatic rings. The maximum Gasteiger partial charge on any atom is 0.435 e. The number of hydrogen-bond donors (Lipinski definition) is 0. The third kappa shape index (κ3) is 5.82. The molecule has 0 N–H and O–H groups in total. The van der Waals surface area contributed by atoms with Crippen molar-refractivity contribution in [2.75, 3.05) is 13.1 Å². The lowest BCUT2D eigenvalue weighted by molar-refractivity contribution is -0.142. The molecule has 1 saturated heterocycles. The van der Waals surface area contributed by atoms with E-state index < -0.39 is 11.9 Å². The maximum absolute atomic E-state index is 12.8. The van der Waals surface area contributed by atoms with Crippen molar-refractivity contribution in [2.45, 2.75) is 45.2 Å². The summed E-state index contributed by atoms with van der Waals surface area (Å²) in [7, 11) is 0. The first-order valence-corrected chi connectivity index (χ1v) is 10.9. The number of carbonyl (C=O) groups excluding carboxylic acids is 1. The fourth-order valence-electron chi connectivity index (χ4n) is 3.95. The second kappa shape index (κ2) is 9.79. The number of nitrogens with zero attached hydrogens (tertiary/aromatic N) is 3. The average Bonchev–Trinajstić information content (AvgIpc) is 3.19. The summed E-state index contributed by atoms with van der Waals surface area (Å²) in [6.45, 7) is 2.86. The zero-order valence-electron chi connectivity index (χ0n) is 18.4. The number of aryl methyl sites for hydroxylation is 1. The topological polar surface area (TPSA) is 47.4 Å². The van der Waals surface area contributed by atoms with Crippen LogP contribution < -0.4 is 0 Å².